The Hall–Kier alpha value is -4.61. The molecule has 1 aliphatic rings. The Bertz CT molecular complexity index is 1090. The average Bonchev–Trinajstić information content (AvgIpc) is 3.04. The van der Waals surface area contributed by atoms with Crippen LogP contribution < -0.4 is 21.3 Å². The third kappa shape index (κ3) is 5.36. The lowest BCUT2D eigenvalue weighted by molar-refractivity contribution is -0.125. The van der Waals surface area contributed by atoms with E-state index in [4.69, 9.17) is 0 Å². The van der Waals surface area contributed by atoms with Crippen LogP contribution in [0.2, 0.25) is 0 Å². The van der Waals surface area contributed by atoms with Gasteiger partial charge in [-0.05, 0) is 35.4 Å². The molecule has 2 aromatic carbocycles. The van der Waals surface area contributed by atoms with Crippen LogP contribution in [0.3, 0.4) is 0 Å². The number of amides is 3. The minimum atomic E-state index is -1.00. The van der Waals surface area contributed by atoms with E-state index in [1.807, 2.05) is 0 Å². The smallest absolute Gasteiger partial charge is 0.325 e. The number of urea groups is 1. The summed E-state index contributed by atoms with van der Waals surface area (Å²) in [7, 11) is 1.38. The lowest BCUT2D eigenvalue weighted by Gasteiger charge is -2.14. The van der Waals surface area contributed by atoms with Crippen molar-refractivity contribution < 1.29 is 19.8 Å². The van der Waals surface area contributed by atoms with E-state index in [1.54, 1.807) is 48.5 Å². The van der Waals surface area contributed by atoms with Gasteiger partial charge in [-0.15, -0.1) is 0 Å². The number of phenols is 2. The Morgan fingerprint density at radius 2 is 1.27 bits per heavy atom. The molecule has 0 spiro atoms. The Morgan fingerprint density at radius 3 is 1.70 bits per heavy atom. The van der Waals surface area contributed by atoms with Crippen LogP contribution in [-0.4, -0.2) is 55.2 Å². The molecule has 1 aromatic heterocycles. The molecule has 3 aromatic rings. The molecule has 0 radical (unpaired) electrons. The molecule has 0 saturated carbocycles. The minimum Gasteiger partial charge on any atom is -0.508 e. The summed E-state index contributed by atoms with van der Waals surface area (Å²) in [6.07, 6.45) is -1.00. The number of hydrogen-bond donors (Lipinski definition) is 6. The van der Waals surface area contributed by atoms with Crippen molar-refractivity contribution >= 4 is 29.8 Å². The predicted molar refractivity (Wildman–Crippen MR) is 119 cm³/mol. The fourth-order valence-corrected chi connectivity index (χ4v) is 2.99. The molecule has 1 unspecified atom stereocenters. The van der Waals surface area contributed by atoms with Gasteiger partial charge in [-0.2, -0.15) is 15.0 Å². The molecule has 4 rings (SSSR count). The van der Waals surface area contributed by atoms with E-state index in [2.05, 4.69) is 36.2 Å². The quantitative estimate of drug-likeness (QED) is 0.277. The maximum Gasteiger partial charge on any atom is 0.325 e. The van der Waals surface area contributed by atoms with Crippen molar-refractivity contribution in [2.45, 2.75) is 19.3 Å². The third-order valence-corrected chi connectivity index (χ3v) is 4.83. The molecule has 1 atom stereocenters. The van der Waals surface area contributed by atoms with Crippen molar-refractivity contribution in [3.63, 3.8) is 0 Å². The summed E-state index contributed by atoms with van der Waals surface area (Å²) in [5, 5.41) is 30.3. The zero-order chi connectivity index (χ0) is 23.4. The number of imide groups is 1. The molecule has 1 saturated heterocycles. The molecule has 1 aliphatic heterocycles. The highest BCUT2D eigenvalue weighted by Gasteiger charge is 2.35. The van der Waals surface area contributed by atoms with Gasteiger partial charge in [0.1, 0.15) is 11.5 Å². The van der Waals surface area contributed by atoms with E-state index in [9.17, 15) is 19.8 Å². The molecule has 0 aliphatic carbocycles. The van der Waals surface area contributed by atoms with Crippen LogP contribution in [0.25, 0.3) is 0 Å². The summed E-state index contributed by atoms with van der Waals surface area (Å²) in [5.41, 5.74) is 1.78. The number of aromatic nitrogens is 3. The second kappa shape index (κ2) is 9.26. The van der Waals surface area contributed by atoms with Crippen LogP contribution in [0, 0.1) is 0 Å². The van der Waals surface area contributed by atoms with E-state index >= 15 is 0 Å². The van der Waals surface area contributed by atoms with Crippen molar-refractivity contribution in [2.24, 2.45) is 0 Å². The Morgan fingerprint density at radius 1 is 0.818 bits per heavy atom. The summed E-state index contributed by atoms with van der Waals surface area (Å²) >= 11 is 0. The van der Waals surface area contributed by atoms with Gasteiger partial charge in [0.2, 0.25) is 17.8 Å². The number of nitrogens with zero attached hydrogens (tertiary/aromatic N) is 4. The second-order valence-electron chi connectivity index (χ2n) is 7.27. The number of hydrogen-bond acceptors (Lipinski definition) is 10. The van der Waals surface area contributed by atoms with Gasteiger partial charge in [0, 0.05) is 20.1 Å². The summed E-state index contributed by atoms with van der Waals surface area (Å²) in [6, 6.07) is 12.8. The first-order chi connectivity index (χ1) is 15.9. The van der Waals surface area contributed by atoms with Crippen LogP contribution in [0.5, 0.6) is 11.5 Å². The minimum absolute atomic E-state index is 0.0837. The monoisotopic (exact) mass is 450 g/mol. The highest BCUT2D eigenvalue weighted by molar-refractivity contribution is 6.04. The number of likely N-dealkylation sites (N-methyl/N-ethyl adjacent to an activating group) is 1. The number of benzene rings is 2. The molecule has 170 valence electrons. The SMILES string of the molecule is CN1C(=O)NC(Nc2nc(NCc3ccc(O)cc3)nc(NCc3ccc(O)cc3)n2)C1=O. The number of carbonyl (C=O) groups is 2. The molecule has 12 nitrogen and oxygen atoms in total. The summed E-state index contributed by atoms with van der Waals surface area (Å²) in [6.45, 7) is 0.756. The normalized spacial score (nSPS) is 15.3. The highest BCUT2D eigenvalue weighted by atomic mass is 16.3. The number of nitrogens with one attached hydrogen (secondary N) is 4. The van der Waals surface area contributed by atoms with E-state index < -0.39 is 18.1 Å². The summed E-state index contributed by atoms with van der Waals surface area (Å²) in [5.74, 6) is 0.425. The molecule has 12 heteroatoms. The molecule has 3 amide bonds. The van der Waals surface area contributed by atoms with Crippen LogP contribution >= 0.6 is 0 Å². The van der Waals surface area contributed by atoms with Gasteiger partial charge in [-0.3, -0.25) is 9.69 Å². The van der Waals surface area contributed by atoms with Gasteiger partial charge in [0.05, 0.1) is 0 Å². The molecule has 1 fully saturated rings. The maximum atomic E-state index is 12.2. The van der Waals surface area contributed by atoms with Gasteiger partial charge in [0.15, 0.2) is 6.17 Å². The standard InChI is InChI=1S/C21H22N8O4/c1-29-17(32)16(25-21(29)33)24-20-27-18(22-10-12-2-6-14(30)7-3-12)26-19(28-20)23-11-13-4-8-15(31)9-5-13/h2-9,16,30-31H,10-11H2,1H3,(H,25,33)(H3,22,23,24,26,27,28). The first-order valence-electron chi connectivity index (χ1n) is 10.0. The Labute approximate surface area is 188 Å². The molecule has 2 heterocycles. The zero-order valence-electron chi connectivity index (χ0n) is 17.6. The van der Waals surface area contributed by atoms with Gasteiger partial charge in [-0.1, -0.05) is 24.3 Å². The lowest BCUT2D eigenvalue weighted by atomic mass is 10.2. The number of aromatic hydroxyl groups is 2. The van der Waals surface area contributed by atoms with E-state index in [0.29, 0.717) is 13.1 Å². The predicted octanol–water partition coefficient (Wildman–Crippen LogP) is 1.43. The van der Waals surface area contributed by atoms with Gasteiger partial charge < -0.3 is 31.5 Å². The maximum absolute atomic E-state index is 12.2. The topological polar surface area (TPSA) is 165 Å². The van der Waals surface area contributed by atoms with E-state index in [0.717, 1.165) is 16.0 Å². The molecular formula is C21H22N8O4. The fraction of sp³-hybridized carbons (Fsp3) is 0.190. The summed E-state index contributed by atoms with van der Waals surface area (Å²) in [4.78, 5) is 37.8. The van der Waals surface area contributed by atoms with Crippen molar-refractivity contribution in [1.82, 2.24) is 25.2 Å². The largest absolute Gasteiger partial charge is 0.508 e. The zero-order valence-corrected chi connectivity index (χ0v) is 17.6. The van der Waals surface area contributed by atoms with Crippen LogP contribution in [0.15, 0.2) is 48.5 Å². The average molecular weight is 450 g/mol. The Balaban J connectivity index is 1.52. The van der Waals surface area contributed by atoms with Crippen LogP contribution in [0.1, 0.15) is 11.1 Å². The van der Waals surface area contributed by atoms with E-state index in [-0.39, 0.29) is 29.3 Å². The van der Waals surface area contributed by atoms with Gasteiger partial charge >= 0.3 is 6.03 Å². The molecular weight excluding hydrogens is 428 g/mol. The van der Waals surface area contributed by atoms with Crippen molar-refractivity contribution in [2.75, 3.05) is 23.0 Å². The first kappa shape index (κ1) is 21.6. The number of rotatable bonds is 8. The highest BCUT2D eigenvalue weighted by Crippen LogP contribution is 2.16. The third-order valence-electron chi connectivity index (χ3n) is 4.83. The van der Waals surface area contributed by atoms with Gasteiger partial charge in [-0.25, -0.2) is 4.79 Å². The van der Waals surface area contributed by atoms with Crippen molar-refractivity contribution in [3.8, 4) is 11.5 Å². The second-order valence-corrected chi connectivity index (χ2v) is 7.27. The number of phenolic OH excluding ortho intramolecular Hbond substituents is 2. The van der Waals surface area contributed by atoms with E-state index in [1.165, 1.54) is 7.05 Å². The molecule has 33 heavy (non-hydrogen) atoms. The molecule has 0 bridgehead atoms. The first-order valence-corrected chi connectivity index (χ1v) is 10.0. The lowest BCUT2D eigenvalue weighted by Crippen LogP contribution is -2.37. The number of carbonyl (C=O) groups excluding carboxylic acids is 2. The van der Waals surface area contributed by atoms with Crippen molar-refractivity contribution in [1.29, 1.82) is 0 Å². The fourth-order valence-electron chi connectivity index (χ4n) is 2.99. The Kier molecular flexibility index (Phi) is 6.06. The van der Waals surface area contributed by atoms with Crippen LogP contribution in [-0.2, 0) is 17.9 Å². The van der Waals surface area contributed by atoms with Crippen molar-refractivity contribution in [3.05, 3.63) is 59.7 Å². The van der Waals surface area contributed by atoms with Gasteiger partial charge in [0.25, 0.3) is 5.91 Å². The van der Waals surface area contributed by atoms with Crippen LogP contribution in [0.4, 0.5) is 22.6 Å². The molecule has 6 N–H and O–H groups in total. The summed E-state index contributed by atoms with van der Waals surface area (Å²) < 4.78 is 0. The number of anilines is 3.